The molecule has 0 unspecified atom stereocenters. The third-order valence-corrected chi connectivity index (χ3v) is 7.08. The molecular weight excluding hydrogens is 433 g/mol. The van der Waals surface area contributed by atoms with Crippen molar-refractivity contribution in [3.05, 3.63) is 53.8 Å². The molecule has 0 saturated heterocycles. The van der Waals surface area contributed by atoms with Crippen LogP contribution in [-0.4, -0.2) is 52.7 Å². The van der Waals surface area contributed by atoms with E-state index in [-0.39, 0.29) is 21.8 Å². The molecular formula is C18H18FN5O4S2. The van der Waals surface area contributed by atoms with E-state index in [1.54, 1.807) is 29.2 Å². The van der Waals surface area contributed by atoms with Crippen molar-refractivity contribution in [2.75, 3.05) is 14.1 Å². The Morgan fingerprint density at radius 1 is 1.17 bits per heavy atom. The SMILES string of the molecule is CN(C)S(=O)(=O)c1ccc(F)c(-c2nnc(Sc3ccc(C(=O)NO)cc3)n2C)c1. The van der Waals surface area contributed by atoms with Crippen LogP contribution in [0.15, 0.2) is 57.4 Å². The van der Waals surface area contributed by atoms with Crippen LogP contribution in [0.3, 0.4) is 0 Å². The number of carbonyl (C=O) groups is 1. The molecule has 30 heavy (non-hydrogen) atoms. The van der Waals surface area contributed by atoms with Crippen LogP contribution in [0, 0.1) is 5.82 Å². The molecule has 0 bridgehead atoms. The summed E-state index contributed by atoms with van der Waals surface area (Å²) in [5.74, 6) is -1.09. The van der Waals surface area contributed by atoms with E-state index in [2.05, 4.69) is 10.2 Å². The summed E-state index contributed by atoms with van der Waals surface area (Å²) in [6.07, 6.45) is 0. The zero-order valence-corrected chi connectivity index (χ0v) is 17.8. The van der Waals surface area contributed by atoms with Crippen LogP contribution >= 0.6 is 11.8 Å². The summed E-state index contributed by atoms with van der Waals surface area (Å²) in [5.41, 5.74) is 1.84. The Balaban J connectivity index is 1.93. The lowest BCUT2D eigenvalue weighted by molar-refractivity contribution is 0.0706. The van der Waals surface area contributed by atoms with Gasteiger partial charge in [0.1, 0.15) is 5.82 Å². The van der Waals surface area contributed by atoms with Gasteiger partial charge in [0, 0.05) is 31.6 Å². The molecule has 3 aromatic rings. The molecule has 0 spiro atoms. The van der Waals surface area contributed by atoms with Gasteiger partial charge in [0.2, 0.25) is 10.0 Å². The van der Waals surface area contributed by atoms with E-state index in [1.807, 2.05) is 0 Å². The molecule has 0 atom stereocenters. The molecule has 0 aliphatic rings. The number of hydroxylamine groups is 1. The minimum absolute atomic E-state index is 0.00902. The molecule has 3 rings (SSSR count). The van der Waals surface area contributed by atoms with Crippen LogP contribution in [0.1, 0.15) is 10.4 Å². The van der Waals surface area contributed by atoms with Crippen LogP contribution in [-0.2, 0) is 17.1 Å². The Morgan fingerprint density at radius 2 is 1.83 bits per heavy atom. The lowest BCUT2D eigenvalue weighted by Gasteiger charge is -2.12. The number of benzene rings is 2. The molecule has 0 fully saturated rings. The number of hydrogen-bond donors (Lipinski definition) is 2. The number of sulfonamides is 1. The average Bonchev–Trinajstić information content (AvgIpc) is 3.08. The first-order valence-electron chi connectivity index (χ1n) is 8.49. The standard InChI is InChI=1S/C18H18FN5O4S2/c1-23(2)30(27,28)13-8-9-15(19)14(10-13)16-20-21-18(24(16)3)29-12-6-4-11(5-7-12)17(25)22-26/h4-10,26H,1-3H3,(H,22,25). The summed E-state index contributed by atoms with van der Waals surface area (Å²) in [4.78, 5) is 12.1. The number of hydrogen-bond acceptors (Lipinski definition) is 7. The van der Waals surface area contributed by atoms with Gasteiger partial charge in [0.05, 0.1) is 10.5 Å². The average molecular weight is 452 g/mol. The smallest absolute Gasteiger partial charge is 0.274 e. The van der Waals surface area contributed by atoms with Gasteiger partial charge in [0.25, 0.3) is 5.91 Å². The van der Waals surface area contributed by atoms with Crippen LogP contribution < -0.4 is 5.48 Å². The van der Waals surface area contributed by atoms with Crippen LogP contribution in [0.2, 0.25) is 0 Å². The highest BCUT2D eigenvalue weighted by Gasteiger charge is 2.22. The highest BCUT2D eigenvalue weighted by Crippen LogP contribution is 2.31. The number of carbonyl (C=O) groups excluding carboxylic acids is 1. The Kier molecular flexibility index (Phi) is 6.22. The molecule has 0 radical (unpaired) electrons. The van der Waals surface area contributed by atoms with Crippen molar-refractivity contribution in [1.29, 1.82) is 0 Å². The zero-order chi connectivity index (χ0) is 22.1. The number of amides is 1. The lowest BCUT2D eigenvalue weighted by atomic mass is 10.2. The maximum atomic E-state index is 14.5. The molecule has 1 aromatic heterocycles. The first kappa shape index (κ1) is 21.9. The van der Waals surface area contributed by atoms with Gasteiger partial charge in [-0.05, 0) is 54.2 Å². The number of nitrogens with zero attached hydrogens (tertiary/aromatic N) is 4. The summed E-state index contributed by atoms with van der Waals surface area (Å²) in [6.45, 7) is 0. The number of nitrogens with one attached hydrogen (secondary N) is 1. The van der Waals surface area contributed by atoms with E-state index in [4.69, 9.17) is 5.21 Å². The van der Waals surface area contributed by atoms with Crippen LogP contribution in [0.25, 0.3) is 11.4 Å². The molecule has 0 aliphatic carbocycles. The van der Waals surface area contributed by atoms with Crippen LogP contribution in [0.5, 0.6) is 0 Å². The second kappa shape index (κ2) is 8.52. The maximum absolute atomic E-state index is 14.5. The highest BCUT2D eigenvalue weighted by atomic mass is 32.2. The normalized spacial score (nSPS) is 11.7. The van der Waals surface area contributed by atoms with Gasteiger partial charge in [0.15, 0.2) is 11.0 Å². The van der Waals surface area contributed by atoms with Gasteiger partial charge in [-0.2, -0.15) is 0 Å². The molecule has 9 nitrogen and oxygen atoms in total. The second-order valence-corrected chi connectivity index (χ2v) is 9.55. The van der Waals surface area contributed by atoms with E-state index in [0.29, 0.717) is 5.16 Å². The van der Waals surface area contributed by atoms with Crippen molar-refractivity contribution < 1.29 is 22.8 Å². The van der Waals surface area contributed by atoms with Crippen molar-refractivity contribution in [2.24, 2.45) is 7.05 Å². The number of rotatable bonds is 6. The number of aromatic nitrogens is 3. The fraction of sp³-hybridized carbons (Fsp3) is 0.167. The first-order chi connectivity index (χ1) is 14.1. The molecule has 0 saturated carbocycles. The first-order valence-corrected chi connectivity index (χ1v) is 10.7. The molecule has 2 aromatic carbocycles. The highest BCUT2D eigenvalue weighted by molar-refractivity contribution is 7.99. The van der Waals surface area contributed by atoms with E-state index in [9.17, 15) is 17.6 Å². The van der Waals surface area contributed by atoms with Gasteiger partial charge < -0.3 is 4.57 Å². The van der Waals surface area contributed by atoms with Gasteiger partial charge in [-0.25, -0.2) is 22.6 Å². The van der Waals surface area contributed by atoms with Crippen molar-refractivity contribution in [2.45, 2.75) is 14.9 Å². The minimum Gasteiger partial charge on any atom is -0.305 e. The predicted molar refractivity (Wildman–Crippen MR) is 107 cm³/mol. The van der Waals surface area contributed by atoms with Crippen molar-refractivity contribution >= 4 is 27.7 Å². The Bertz CT molecular complexity index is 1190. The van der Waals surface area contributed by atoms with Gasteiger partial charge in [-0.3, -0.25) is 10.0 Å². The summed E-state index contributed by atoms with van der Waals surface area (Å²) in [5, 5.41) is 17.2. The van der Waals surface area contributed by atoms with Crippen molar-refractivity contribution in [3.8, 4) is 11.4 Å². The fourth-order valence-corrected chi connectivity index (χ4v) is 4.25. The Labute approximate surface area is 176 Å². The predicted octanol–water partition coefficient (Wildman–Crippen LogP) is 2.14. The minimum atomic E-state index is -3.74. The third-order valence-electron chi connectivity index (χ3n) is 4.22. The van der Waals surface area contributed by atoms with Gasteiger partial charge in [-0.15, -0.1) is 10.2 Å². The zero-order valence-electron chi connectivity index (χ0n) is 16.2. The molecule has 1 amide bonds. The van der Waals surface area contributed by atoms with Gasteiger partial charge in [-0.1, -0.05) is 0 Å². The van der Waals surface area contributed by atoms with E-state index >= 15 is 0 Å². The Morgan fingerprint density at radius 3 is 2.43 bits per heavy atom. The molecule has 1 heterocycles. The summed E-state index contributed by atoms with van der Waals surface area (Å²) in [6, 6.07) is 9.89. The number of halogens is 1. The second-order valence-electron chi connectivity index (χ2n) is 6.36. The van der Waals surface area contributed by atoms with Crippen molar-refractivity contribution in [1.82, 2.24) is 24.5 Å². The third kappa shape index (κ3) is 4.21. The van der Waals surface area contributed by atoms with Crippen LogP contribution in [0.4, 0.5) is 4.39 Å². The Hall–Kier alpha value is -2.80. The topological polar surface area (TPSA) is 117 Å². The quantitative estimate of drug-likeness (QED) is 0.436. The largest absolute Gasteiger partial charge is 0.305 e. The molecule has 0 aliphatic heterocycles. The maximum Gasteiger partial charge on any atom is 0.274 e. The molecule has 158 valence electrons. The van der Waals surface area contributed by atoms with E-state index < -0.39 is 21.7 Å². The monoisotopic (exact) mass is 451 g/mol. The molecule has 12 heteroatoms. The lowest BCUT2D eigenvalue weighted by Crippen LogP contribution is -2.22. The fourth-order valence-electron chi connectivity index (χ4n) is 2.53. The summed E-state index contributed by atoms with van der Waals surface area (Å²) in [7, 11) is 0.686. The van der Waals surface area contributed by atoms with E-state index in [1.165, 1.54) is 50.1 Å². The summed E-state index contributed by atoms with van der Waals surface area (Å²) >= 11 is 1.22. The van der Waals surface area contributed by atoms with Crippen molar-refractivity contribution in [3.63, 3.8) is 0 Å². The molecule has 2 N–H and O–H groups in total. The van der Waals surface area contributed by atoms with Gasteiger partial charge >= 0.3 is 0 Å². The summed E-state index contributed by atoms with van der Waals surface area (Å²) < 4.78 is 41.8. The van der Waals surface area contributed by atoms with E-state index in [0.717, 1.165) is 15.3 Å².